The molecular weight excluding hydrogens is 303 g/mol. The lowest BCUT2D eigenvalue weighted by Gasteiger charge is -2.30. The topological polar surface area (TPSA) is 110 Å². The van der Waals surface area contributed by atoms with Crippen molar-refractivity contribution in [3.8, 4) is 0 Å². The fourth-order valence-electron chi connectivity index (χ4n) is 1.88. The number of hydrogen-bond acceptors (Lipinski definition) is 5. The van der Waals surface area contributed by atoms with Gasteiger partial charge >= 0.3 is 5.69 Å². The number of hydrogen-bond donors (Lipinski definition) is 2. The van der Waals surface area contributed by atoms with Crippen LogP contribution in [0.1, 0.15) is 26.7 Å². The molecule has 2 N–H and O–H groups in total. The van der Waals surface area contributed by atoms with Crippen molar-refractivity contribution in [2.24, 2.45) is 0 Å². The average molecular weight is 320 g/mol. The van der Waals surface area contributed by atoms with Crippen molar-refractivity contribution >= 4 is 15.7 Å². The number of para-hydroxylation sites is 1. The van der Waals surface area contributed by atoms with Gasteiger partial charge in [0.15, 0.2) is 4.90 Å². The summed E-state index contributed by atoms with van der Waals surface area (Å²) in [5, 5.41) is 20.3. The Morgan fingerprint density at radius 3 is 2.38 bits per heavy atom. The SMILES string of the molecule is CCC(CC)(CO)NS(=O)(=O)c1cccc(F)c1[N+](=O)[O-]. The molecule has 1 aromatic rings. The molecule has 0 aliphatic rings. The van der Waals surface area contributed by atoms with Gasteiger partial charge in [-0.3, -0.25) is 10.1 Å². The van der Waals surface area contributed by atoms with Gasteiger partial charge in [-0.15, -0.1) is 0 Å². The fourth-order valence-corrected chi connectivity index (χ4v) is 3.60. The number of sulfonamides is 1. The molecule has 0 amide bonds. The first-order valence-corrected chi connectivity index (χ1v) is 7.79. The van der Waals surface area contributed by atoms with Crippen LogP contribution in [-0.2, 0) is 10.0 Å². The number of halogens is 1. The highest BCUT2D eigenvalue weighted by Crippen LogP contribution is 2.28. The third kappa shape index (κ3) is 3.55. The van der Waals surface area contributed by atoms with Crippen LogP contribution in [0, 0.1) is 15.9 Å². The van der Waals surface area contributed by atoms with Crippen LogP contribution in [0.25, 0.3) is 0 Å². The molecule has 1 rings (SSSR count). The summed E-state index contributed by atoms with van der Waals surface area (Å²) in [6.45, 7) is 2.87. The van der Waals surface area contributed by atoms with E-state index < -0.39 is 43.5 Å². The van der Waals surface area contributed by atoms with E-state index in [4.69, 9.17) is 0 Å². The monoisotopic (exact) mass is 320 g/mol. The van der Waals surface area contributed by atoms with Crippen molar-refractivity contribution in [2.45, 2.75) is 37.1 Å². The normalized spacial score (nSPS) is 12.4. The molecule has 21 heavy (non-hydrogen) atoms. The molecule has 1 aromatic carbocycles. The number of nitrogens with one attached hydrogen (secondary N) is 1. The standard InChI is InChI=1S/C12H17FN2O5S/c1-3-12(4-2,8-16)14-21(19,20)10-7-5-6-9(13)11(10)15(17)18/h5-7,14,16H,3-4,8H2,1-2H3. The van der Waals surface area contributed by atoms with Crippen molar-refractivity contribution in [3.63, 3.8) is 0 Å². The zero-order valence-corrected chi connectivity index (χ0v) is 12.5. The molecule has 0 fully saturated rings. The molecule has 0 bridgehead atoms. The second kappa shape index (κ2) is 6.46. The Kier molecular flexibility index (Phi) is 5.37. The van der Waals surface area contributed by atoms with Gasteiger partial charge in [0.25, 0.3) is 0 Å². The molecule has 0 aromatic heterocycles. The maximum absolute atomic E-state index is 13.5. The number of aliphatic hydroxyl groups is 1. The zero-order valence-electron chi connectivity index (χ0n) is 11.7. The molecule has 0 saturated heterocycles. The number of benzene rings is 1. The quantitative estimate of drug-likeness (QED) is 0.585. The van der Waals surface area contributed by atoms with Gasteiger partial charge in [0.2, 0.25) is 15.8 Å². The van der Waals surface area contributed by atoms with E-state index in [0.717, 1.165) is 18.2 Å². The lowest BCUT2D eigenvalue weighted by atomic mass is 9.96. The van der Waals surface area contributed by atoms with Gasteiger partial charge in [0.1, 0.15) is 0 Å². The van der Waals surface area contributed by atoms with Crippen molar-refractivity contribution in [1.29, 1.82) is 0 Å². The molecule has 0 saturated carbocycles. The van der Waals surface area contributed by atoms with Gasteiger partial charge in [-0.25, -0.2) is 13.1 Å². The van der Waals surface area contributed by atoms with Gasteiger partial charge in [-0.05, 0) is 25.0 Å². The van der Waals surface area contributed by atoms with Gasteiger partial charge in [0, 0.05) is 0 Å². The van der Waals surface area contributed by atoms with E-state index >= 15 is 0 Å². The minimum atomic E-state index is -4.34. The molecule has 0 radical (unpaired) electrons. The van der Waals surface area contributed by atoms with E-state index in [2.05, 4.69) is 4.72 Å². The largest absolute Gasteiger partial charge is 0.394 e. The summed E-state index contributed by atoms with van der Waals surface area (Å²) in [6, 6.07) is 2.85. The number of nitro benzene ring substituents is 1. The van der Waals surface area contributed by atoms with Crippen LogP contribution >= 0.6 is 0 Å². The van der Waals surface area contributed by atoms with Gasteiger partial charge < -0.3 is 5.11 Å². The lowest BCUT2D eigenvalue weighted by Crippen LogP contribution is -2.50. The number of rotatable bonds is 7. The minimum absolute atomic E-state index is 0.280. The van der Waals surface area contributed by atoms with Crippen LogP contribution in [-0.4, -0.2) is 30.6 Å². The van der Waals surface area contributed by atoms with Gasteiger partial charge in [-0.2, -0.15) is 4.39 Å². The molecule has 0 heterocycles. The van der Waals surface area contributed by atoms with Crippen molar-refractivity contribution in [1.82, 2.24) is 4.72 Å². The third-order valence-electron chi connectivity index (χ3n) is 3.43. The third-order valence-corrected chi connectivity index (χ3v) is 5.04. The number of nitro groups is 1. The van der Waals surface area contributed by atoms with Crippen molar-refractivity contribution < 1.29 is 22.8 Å². The highest BCUT2D eigenvalue weighted by atomic mass is 32.2. The van der Waals surface area contributed by atoms with Crippen LogP contribution in [0.5, 0.6) is 0 Å². The molecule has 118 valence electrons. The maximum Gasteiger partial charge on any atom is 0.324 e. The summed E-state index contributed by atoms with van der Waals surface area (Å²) < 4.78 is 40.4. The first-order valence-electron chi connectivity index (χ1n) is 6.30. The second-order valence-corrected chi connectivity index (χ2v) is 6.25. The molecule has 0 unspecified atom stereocenters. The highest BCUT2D eigenvalue weighted by molar-refractivity contribution is 7.89. The first kappa shape index (κ1) is 17.5. The van der Waals surface area contributed by atoms with E-state index in [0.29, 0.717) is 0 Å². The predicted octanol–water partition coefficient (Wildman–Crippen LogP) is 1.56. The summed E-state index contributed by atoms with van der Waals surface area (Å²) in [4.78, 5) is 9.05. The summed E-state index contributed by atoms with van der Waals surface area (Å²) in [7, 11) is -4.34. The fraction of sp³-hybridized carbons (Fsp3) is 0.500. The first-order chi connectivity index (χ1) is 9.73. The lowest BCUT2D eigenvalue weighted by molar-refractivity contribution is -0.390. The second-order valence-electron chi connectivity index (χ2n) is 4.59. The van der Waals surface area contributed by atoms with Crippen molar-refractivity contribution in [3.05, 3.63) is 34.1 Å². The van der Waals surface area contributed by atoms with Crippen LogP contribution in [0.2, 0.25) is 0 Å². The van der Waals surface area contributed by atoms with E-state index in [1.807, 2.05) is 0 Å². The molecule has 9 heteroatoms. The van der Waals surface area contributed by atoms with E-state index in [1.165, 1.54) is 0 Å². The van der Waals surface area contributed by atoms with Crippen LogP contribution in [0.15, 0.2) is 23.1 Å². The van der Waals surface area contributed by atoms with Crippen LogP contribution < -0.4 is 4.72 Å². The predicted molar refractivity (Wildman–Crippen MR) is 73.8 cm³/mol. The molecule has 0 aliphatic heterocycles. The molecule has 0 spiro atoms. The molecule has 0 atom stereocenters. The summed E-state index contributed by atoms with van der Waals surface area (Å²) >= 11 is 0. The van der Waals surface area contributed by atoms with E-state index in [9.17, 15) is 28.0 Å². The summed E-state index contributed by atoms with van der Waals surface area (Å²) in [5.74, 6) is -1.23. The Balaban J connectivity index is 3.39. The van der Waals surface area contributed by atoms with Crippen LogP contribution in [0.4, 0.5) is 10.1 Å². The summed E-state index contributed by atoms with van der Waals surface area (Å²) in [5.41, 5.74) is -2.25. The average Bonchev–Trinajstić information content (AvgIpc) is 2.44. The van der Waals surface area contributed by atoms with Crippen molar-refractivity contribution in [2.75, 3.05) is 6.61 Å². The van der Waals surface area contributed by atoms with Gasteiger partial charge in [0.05, 0.1) is 17.1 Å². The Morgan fingerprint density at radius 1 is 1.38 bits per heavy atom. The minimum Gasteiger partial charge on any atom is -0.394 e. The Labute approximate surface area is 122 Å². The van der Waals surface area contributed by atoms with E-state index in [-0.39, 0.29) is 12.8 Å². The maximum atomic E-state index is 13.5. The molecule has 7 nitrogen and oxygen atoms in total. The Bertz CT molecular complexity index is 620. The smallest absolute Gasteiger partial charge is 0.324 e. The number of aliphatic hydroxyl groups excluding tert-OH is 1. The summed E-state index contributed by atoms with van der Waals surface area (Å²) in [6.07, 6.45) is 0.560. The number of nitrogens with zero attached hydrogens (tertiary/aromatic N) is 1. The molecular formula is C12H17FN2O5S. The Hall–Kier alpha value is -1.58. The van der Waals surface area contributed by atoms with Crippen LogP contribution in [0.3, 0.4) is 0 Å². The van der Waals surface area contributed by atoms with E-state index in [1.54, 1.807) is 13.8 Å². The van der Waals surface area contributed by atoms with Gasteiger partial charge in [-0.1, -0.05) is 19.9 Å². The molecule has 0 aliphatic carbocycles. The zero-order chi connectivity index (χ0) is 16.3. The highest BCUT2D eigenvalue weighted by Gasteiger charge is 2.36. The Morgan fingerprint density at radius 2 is 1.95 bits per heavy atom.